The summed E-state index contributed by atoms with van der Waals surface area (Å²) in [4.78, 5) is 2.37. The van der Waals surface area contributed by atoms with Crippen molar-refractivity contribution < 1.29 is 4.74 Å². The van der Waals surface area contributed by atoms with E-state index in [0.717, 1.165) is 43.6 Å². The minimum absolute atomic E-state index is 0.105. The Morgan fingerprint density at radius 3 is 2.47 bits per heavy atom. The van der Waals surface area contributed by atoms with Gasteiger partial charge in [-0.05, 0) is 46.5 Å². The van der Waals surface area contributed by atoms with E-state index >= 15 is 0 Å². The Balaban J connectivity index is 1.85. The topological polar surface area (TPSA) is 38.5 Å². The number of hydrogen-bond acceptors (Lipinski definition) is 3. The fourth-order valence-corrected chi connectivity index (χ4v) is 3.80. The van der Waals surface area contributed by atoms with Gasteiger partial charge in [0.05, 0.1) is 18.9 Å². The molecule has 2 aliphatic rings. The maximum Gasteiger partial charge on any atom is 0.0642 e. The number of halogens is 1. The molecule has 2 N–H and O–H groups in total. The highest BCUT2D eigenvalue weighted by Gasteiger charge is 2.31. The molecule has 1 saturated heterocycles. The molecule has 0 unspecified atom stereocenters. The Hall–Kier alpha value is -0.580. The third-order valence-corrected chi connectivity index (χ3v) is 5.01. The summed E-state index contributed by atoms with van der Waals surface area (Å²) in [6, 6.07) is 6.63. The quantitative estimate of drug-likeness (QED) is 0.908. The minimum atomic E-state index is -0.105. The lowest BCUT2D eigenvalue weighted by atomic mass is 9.89. The molecule has 0 radical (unpaired) electrons. The third-order valence-electron chi connectivity index (χ3n) is 4.37. The van der Waals surface area contributed by atoms with Crippen LogP contribution in [0.1, 0.15) is 31.2 Å². The highest BCUT2D eigenvalue weighted by Crippen LogP contribution is 2.39. The van der Waals surface area contributed by atoms with Crippen molar-refractivity contribution in [2.75, 3.05) is 31.2 Å². The van der Waals surface area contributed by atoms with Gasteiger partial charge in [0.15, 0.2) is 0 Å². The number of morpholine rings is 1. The van der Waals surface area contributed by atoms with E-state index in [9.17, 15) is 0 Å². The van der Waals surface area contributed by atoms with Crippen molar-refractivity contribution in [2.45, 2.75) is 31.2 Å². The van der Waals surface area contributed by atoms with Gasteiger partial charge in [-0.1, -0.05) is 18.9 Å². The molecule has 1 aromatic rings. The summed E-state index contributed by atoms with van der Waals surface area (Å²) in [5.74, 6) is 0. The molecule has 3 rings (SSSR count). The Bertz CT molecular complexity index is 451. The van der Waals surface area contributed by atoms with Gasteiger partial charge in [0.1, 0.15) is 0 Å². The van der Waals surface area contributed by atoms with Gasteiger partial charge in [-0.3, -0.25) is 0 Å². The van der Waals surface area contributed by atoms with E-state index in [2.05, 4.69) is 39.0 Å². The van der Waals surface area contributed by atoms with Crippen molar-refractivity contribution in [2.24, 2.45) is 5.73 Å². The fourth-order valence-electron chi connectivity index (χ4n) is 3.17. The third kappa shape index (κ3) is 2.67. The van der Waals surface area contributed by atoms with Gasteiger partial charge in [-0.2, -0.15) is 0 Å². The van der Waals surface area contributed by atoms with Crippen molar-refractivity contribution >= 4 is 21.6 Å². The summed E-state index contributed by atoms with van der Waals surface area (Å²) in [6.07, 6.45) is 4.71. The van der Waals surface area contributed by atoms with E-state index in [1.807, 2.05) is 0 Å². The van der Waals surface area contributed by atoms with Crippen LogP contribution in [-0.2, 0) is 10.3 Å². The monoisotopic (exact) mass is 324 g/mol. The first-order chi connectivity index (χ1) is 9.19. The molecular formula is C15H21BrN2O. The zero-order chi connectivity index (χ0) is 13.3. The molecule has 0 spiro atoms. The summed E-state index contributed by atoms with van der Waals surface area (Å²) in [5.41, 5.74) is 8.95. The molecule has 104 valence electrons. The molecule has 1 aromatic carbocycles. The van der Waals surface area contributed by atoms with Crippen molar-refractivity contribution in [3.8, 4) is 0 Å². The standard InChI is InChI=1S/C15H21BrN2O/c16-13-11-12(15(17)5-1-2-6-15)3-4-14(13)18-7-9-19-10-8-18/h3-4,11H,1-2,5-10,17H2. The van der Waals surface area contributed by atoms with Gasteiger partial charge in [0.2, 0.25) is 0 Å². The number of hydrogen-bond donors (Lipinski definition) is 1. The van der Waals surface area contributed by atoms with E-state index in [1.54, 1.807) is 0 Å². The highest BCUT2D eigenvalue weighted by molar-refractivity contribution is 9.10. The predicted molar refractivity (Wildman–Crippen MR) is 81.5 cm³/mol. The van der Waals surface area contributed by atoms with E-state index in [4.69, 9.17) is 10.5 Å². The fraction of sp³-hybridized carbons (Fsp3) is 0.600. The minimum Gasteiger partial charge on any atom is -0.378 e. The van der Waals surface area contributed by atoms with Crippen molar-refractivity contribution in [1.82, 2.24) is 0 Å². The smallest absolute Gasteiger partial charge is 0.0642 e. The second kappa shape index (κ2) is 5.43. The van der Waals surface area contributed by atoms with Crippen LogP contribution in [0.4, 0.5) is 5.69 Å². The van der Waals surface area contributed by atoms with Crippen molar-refractivity contribution in [3.63, 3.8) is 0 Å². The number of ether oxygens (including phenoxy) is 1. The molecular weight excluding hydrogens is 304 g/mol. The second-order valence-corrected chi connectivity index (χ2v) is 6.48. The first kappa shape index (κ1) is 13.4. The normalized spacial score (nSPS) is 22.7. The summed E-state index contributed by atoms with van der Waals surface area (Å²) < 4.78 is 6.56. The van der Waals surface area contributed by atoms with Crippen LogP contribution in [0, 0.1) is 0 Å². The summed E-state index contributed by atoms with van der Waals surface area (Å²) in [6.45, 7) is 3.56. The predicted octanol–water partition coefficient (Wildman–Crippen LogP) is 3.01. The van der Waals surface area contributed by atoms with Crippen LogP contribution in [0.3, 0.4) is 0 Å². The van der Waals surface area contributed by atoms with Gasteiger partial charge in [-0.15, -0.1) is 0 Å². The molecule has 0 amide bonds. The Labute approximate surface area is 123 Å². The lowest BCUT2D eigenvalue weighted by molar-refractivity contribution is 0.122. The van der Waals surface area contributed by atoms with Crippen molar-refractivity contribution in [1.29, 1.82) is 0 Å². The van der Waals surface area contributed by atoms with E-state index < -0.39 is 0 Å². The molecule has 3 nitrogen and oxygen atoms in total. The maximum atomic E-state index is 6.52. The lowest BCUT2D eigenvalue weighted by Crippen LogP contribution is -2.37. The zero-order valence-corrected chi connectivity index (χ0v) is 12.8. The van der Waals surface area contributed by atoms with Gasteiger partial charge in [0, 0.05) is 23.1 Å². The largest absolute Gasteiger partial charge is 0.378 e. The van der Waals surface area contributed by atoms with Gasteiger partial charge < -0.3 is 15.4 Å². The average molecular weight is 325 g/mol. The summed E-state index contributed by atoms with van der Waals surface area (Å²) in [5, 5.41) is 0. The zero-order valence-electron chi connectivity index (χ0n) is 11.2. The maximum absolute atomic E-state index is 6.52. The van der Waals surface area contributed by atoms with Crippen LogP contribution in [0.2, 0.25) is 0 Å². The number of benzene rings is 1. The van der Waals surface area contributed by atoms with Gasteiger partial charge in [-0.25, -0.2) is 0 Å². The molecule has 4 heteroatoms. The van der Waals surface area contributed by atoms with E-state index in [1.165, 1.54) is 24.1 Å². The molecule has 19 heavy (non-hydrogen) atoms. The highest BCUT2D eigenvalue weighted by atomic mass is 79.9. The number of nitrogens with zero attached hydrogens (tertiary/aromatic N) is 1. The SMILES string of the molecule is NC1(c2ccc(N3CCOCC3)c(Br)c2)CCCC1. The molecule has 1 heterocycles. The van der Waals surface area contributed by atoms with Gasteiger partial charge >= 0.3 is 0 Å². The van der Waals surface area contributed by atoms with E-state index in [-0.39, 0.29) is 5.54 Å². The van der Waals surface area contributed by atoms with Crippen LogP contribution in [0.5, 0.6) is 0 Å². The molecule has 0 bridgehead atoms. The van der Waals surface area contributed by atoms with Crippen LogP contribution in [0.25, 0.3) is 0 Å². The lowest BCUT2D eigenvalue weighted by Gasteiger charge is -2.31. The van der Waals surface area contributed by atoms with Crippen LogP contribution in [0.15, 0.2) is 22.7 Å². The van der Waals surface area contributed by atoms with Crippen LogP contribution in [-0.4, -0.2) is 26.3 Å². The second-order valence-electron chi connectivity index (χ2n) is 5.63. The number of nitrogens with two attached hydrogens (primary N) is 1. The number of rotatable bonds is 2. The Morgan fingerprint density at radius 2 is 1.84 bits per heavy atom. The van der Waals surface area contributed by atoms with Crippen molar-refractivity contribution in [3.05, 3.63) is 28.2 Å². The molecule has 0 atom stereocenters. The first-order valence-electron chi connectivity index (χ1n) is 7.11. The molecule has 1 aliphatic carbocycles. The van der Waals surface area contributed by atoms with E-state index in [0.29, 0.717) is 0 Å². The molecule has 1 saturated carbocycles. The van der Waals surface area contributed by atoms with Crippen LogP contribution < -0.4 is 10.6 Å². The Morgan fingerprint density at radius 1 is 1.16 bits per heavy atom. The number of anilines is 1. The molecule has 1 aliphatic heterocycles. The van der Waals surface area contributed by atoms with Gasteiger partial charge in [0.25, 0.3) is 0 Å². The molecule has 0 aromatic heterocycles. The summed E-state index contributed by atoms with van der Waals surface area (Å²) in [7, 11) is 0. The first-order valence-corrected chi connectivity index (χ1v) is 7.90. The molecule has 2 fully saturated rings. The average Bonchev–Trinajstić information content (AvgIpc) is 2.88. The summed E-state index contributed by atoms with van der Waals surface area (Å²) >= 11 is 3.72. The van der Waals surface area contributed by atoms with Crippen LogP contribution >= 0.6 is 15.9 Å². The Kier molecular flexibility index (Phi) is 3.83.